The van der Waals surface area contributed by atoms with Crippen LogP contribution in [0.2, 0.25) is 0 Å². The van der Waals surface area contributed by atoms with E-state index in [0.29, 0.717) is 30.5 Å². The molecule has 128 valence electrons. The predicted octanol–water partition coefficient (Wildman–Crippen LogP) is 2.39. The molecule has 0 aliphatic rings. The number of nitrogens with two attached hydrogens (primary N) is 1. The van der Waals surface area contributed by atoms with Gasteiger partial charge in [0.1, 0.15) is 12.3 Å². The highest BCUT2D eigenvalue weighted by molar-refractivity contribution is 6.18. The summed E-state index contributed by atoms with van der Waals surface area (Å²) in [6.07, 6.45) is -0.808. The molecular weight excluding hydrogens is 347 g/mol. The molecule has 0 spiro atoms. The van der Waals surface area contributed by atoms with Gasteiger partial charge in [0.05, 0.1) is 4.92 Å². The van der Waals surface area contributed by atoms with E-state index in [1.54, 1.807) is 6.07 Å². The van der Waals surface area contributed by atoms with E-state index < -0.39 is 11.0 Å². The SMILES string of the molecule is NCCOC(=O)Nc1cc(N(CCCl)CCCl)ccc1[N+](=O)[O-]. The number of alkyl halides is 2. The van der Waals surface area contributed by atoms with Crippen LogP contribution in [-0.2, 0) is 4.74 Å². The van der Waals surface area contributed by atoms with E-state index in [9.17, 15) is 14.9 Å². The number of nitro benzene ring substituents is 1. The van der Waals surface area contributed by atoms with Gasteiger partial charge in [-0.2, -0.15) is 0 Å². The molecular formula is C13H18Cl2N4O4. The molecule has 0 unspecified atom stereocenters. The van der Waals surface area contributed by atoms with Gasteiger partial charge in [-0.1, -0.05) is 0 Å². The van der Waals surface area contributed by atoms with Gasteiger partial charge in [0, 0.05) is 43.1 Å². The smallest absolute Gasteiger partial charge is 0.411 e. The Bertz CT molecular complexity index is 539. The number of benzene rings is 1. The zero-order valence-electron chi connectivity index (χ0n) is 12.3. The monoisotopic (exact) mass is 364 g/mol. The number of ether oxygens (including phenoxy) is 1. The molecule has 23 heavy (non-hydrogen) atoms. The predicted molar refractivity (Wildman–Crippen MR) is 90.8 cm³/mol. The fourth-order valence-electron chi connectivity index (χ4n) is 1.85. The lowest BCUT2D eigenvalue weighted by Crippen LogP contribution is -2.27. The molecule has 0 radical (unpaired) electrons. The van der Waals surface area contributed by atoms with Gasteiger partial charge in [-0.05, 0) is 12.1 Å². The highest BCUT2D eigenvalue weighted by Crippen LogP contribution is 2.29. The van der Waals surface area contributed by atoms with Crippen molar-refractivity contribution in [2.75, 3.05) is 48.2 Å². The highest BCUT2D eigenvalue weighted by atomic mass is 35.5. The van der Waals surface area contributed by atoms with Crippen LogP contribution in [0.4, 0.5) is 21.9 Å². The van der Waals surface area contributed by atoms with E-state index >= 15 is 0 Å². The van der Waals surface area contributed by atoms with Crippen molar-refractivity contribution in [3.63, 3.8) is 0 Å². The summed E-state index contributed by atoms with van der Waals surface area (Å²) in [5.41, 5.74) is 5.68. The third-order valence-corrected chi connectivity index (χ3v) is 3.18. The summed E-state index contributed by atoms with van der Waals surface area (Å²) in [5, 5.41) is 13.4. The van der Waals surface area contributed by atoms with Crippen LogP contribution in [0.25, 0.3) is 0 Å². The molecule has 1 aromatic carbocycles. The maximum absolute atomic E-state index is 11.6. The molecule has 1 rings (SSSR count). The molecule has 0 bridgehead atoms. The number of halogens is 2. The Morgan fingerprint density at radius 2 is 2.00 bits per heavy atom. The molecule has 0 saturated carbocycles. The minimum atomic E-state index is -0.808. The molecule has 10 heteroatoms. The van der Waals surface area contributed by atoms with Crippen molar-refractivity contribution in [2.24, 2.45) is 5.73 Å². The number of nitro groups is 1. The first kappa shape index (κ1) is 19.3. The summed E-state index contributed by atoms with van der Waals surface area (Å²) >= 11 is 11.5. The van der Waals surface area contributed by atoms with E-state index in [4.69, 9.17) is 33.7 Å². The first-order valence-corrected chi connectivity index (χ1v) is 7.89. The zero-order chi connectivity index (χ0) is 17.2. The van der Waals surface area contributed by atoms with Crippen LogP contribution in [0.1, 0.15) is 0 Å². The third-order valence-electron chi connectivity index (χ3n) is 2.84. The standard InChI is InChI=1S/C13H18Cl2N4O4/c14-3-6-18(7-4-15)10-1-2-12(19(21)22)11(9-10)17-13(20)23-8-5-16/h1-2,9H,3-8,16H2,(H,17,20). The molecule has 0 aliphatic carbocycles. The highest BCUT2D eigenvalue weighted by Gasteiger charge is 2.18. The number of carbonyl (C=O) groups is 1. The van der Waals surface area contributed by atoms with E-state index in [0.717, 1.165) is 0 Å². The average Bonchev–Trinajstić information content (AvgIpc) is 2.52. The van der Waals surface area contributed by atoms with E-state index in [1.165, 1.54) is 12.1 Å². The maximum Gasteiger partial charge on any atom is 0.411 e. The van der Waals surface area contributed by atoms with Crippen LogP contribution in [0.3, 0.4) is 0 Å². The second-order valence-corrected chi connectivity index (χ2v) is 5.13. The molecule has 0 aliphatic heterocycles. The van der Waals surface area contributed by atoms with E-state index in [-0.39, 0.29) is 24.5 Å². The number of anilines is 2. The molecule has 8 nitrogen and oxygen atoms in total. The summed E-state index contributed by atoms with van der Waals surface area (Å²) < 4.78 is 4.77. The number of carbonyl (C=O) groups excluding carboxylic acids is 1. The summed E-state index contributed by atoms with van der Waals surface area (Å²) in [5.74, 6) is 0.740. The quantitative estimate of drug-likeness (QED) is 0.395. The van der Waals surface area contributed by atoms with Crippen molar-refractivity contribution in [1.82, 2.24) is 0 Å². The van der Waals surface area contributed by atoms with Crippen LogP contribution in [0.5, 0.6) is 0 Å². The second kappa shape index (κ2) is 10.1. The van der Waals surface area contributed by atoms with Crippen molar-refractivity contribution in [3.05, 3.63) is 28.3 Å². The fraction of sp³-hybridized carbons (Fsp3) is 0.462. The normalized spacial score (nSPS) is 10.2. The Balaban J connectivity index is 3.05. The van der Waals surface area contributed by atoms with Crippen LogP contribution < -0.4 is 16.0 Å². The number of rotatable bonds is 9. The lowest BCUT2D eigenvalue weighted by molar-refractivity contribution is -0.383. The number of amides is 1. The Kier molecular flexibility index (Phi) is 8.46. The van der Waals surface area contributed by atoms with Crippen LogP contribution in [0.15, 0.2) is 18.2 Å². The molecule has 1 amide bonds. The fourth-order valence-corrected chi connectivity index (χ4v) is 2.26. The summed E-state index contributed by atoms with van der Waals surface area (Å²) in [7, 11) is 0. The lowest BCUT2D eigenvalue weighted by Gasteiger charge is -2.23. The topological polar surface area (TPSA) is 111 Å². The van der Waals surface area contributed by atoms with Gasteiger partial charge in [-0.15, -0.1) is 23.2 Å². The largest absolute Gasteiger partial charge is 0.448 e. The van der Waals surface area contributed by atoms with E-state index in [1.807, 2.05) is 4.90 Å². The zero-order valence-corrected chi connectivity index (χ0v) is 13.8. The molecule has 3 N–H and O–H groups in total. The van der Waals surface area contributed by atoms with Gasteiger partial charge in [-0.3, -0.25) is 15.4 Å². The van der Waals surface area contributed by atoms with Gasteiger partial charge in [0.25, 0.3) is 5.69 Å². The minimum Gasteiger partial charge on any atom is -0.448 e. The Hall–Kier alpha value is -1.77. The molecule has 0 fully saturated rings. The molecule has 1 aromatic rings. The number of nitrogens with one attached hydrogen (secondary N) is 1. The average molecular weight is 365 g/mol. The minimum absolute atomic E-state index is 0.0178. The van der Waals surface area contributed by atoms with Gasteiger partial charge >= 0.3 is 6.09 Å². The molecule has 0 saturated heterocycles. The van der Waals surface area contributed by atoms with Gasteiger partial charge in [-0.25, -0.2) is 4.79 Å². The van der Waals surface area contributed by atoms with Gasteiger partial charge in [0.2, 0.25) is 0 Å². The van der Waals surface area contributed by atoms with Gasteiger partial charge < -0.3 is 15.4 Å². The number of nitrogens with zero attached hydrogens (tertiary/aromatic N) is 2. The van der Waals surface area contributed by atoms with Crippen LogP contribution in [-0.4, -0.2) is 49.0 Å². The van der Waals surface area contributed by atoms with Gasteiger partial charge in [0.15, 0.2) is 0 Å². The van der Waals surface area contributed by atoms with Crippen molar-refractivity contribution >= 4 is 46.4 Å². The lowest BCUT2D eigenvalue weighted by atomic mass is 10.2. The third kappa shape index (κ3) is 6.09. The van der Waals surface area contributed by atoms with Crippen molar-refractivity contribution in [1.29, 1.82) is 0 Å². The van der Waals surface area contributed by atoms with Crippen LogP contribution >= 0.6 is 23.2 Å². The van der Waals surface area contributed by atoms with Crippen molar-refractivity contribution < 1.29 is 14.5 Å². The van der Waals surface area contributed by atoms with Crippen LogP contribution in [0, 0.1) is 10.1 Å². The first-order valence-electron chi connectivity index (χ1n) is 6.82. The summed E-state index contributed by atoms with van der Waals surface area (Å²) in [4.78, 5) is 24.0. The number of hydrogen-bond donors (Lipinski definition) is 2. The maximum atomic E-state index is 11.6. The first-order chi connectivity index (χ1) is 11.0. The summed E-state index contributed by atoms with van der Waals surface area (Å²) in [6.45, 7) is 1.21. The number of hydrogen-bond acceptors (Lipinski definition) is 6. The Morgan fingerprint density at radius 1 is 1.35 bits per heavy atom. The molecule has 0 atom stereocenters. The molecule has 0 aromatic heterocycles. The summed E-state index contributed by atoms with van der Waals surface area (Å²) in [6, 6.07) is 4.37. The van der Waals surface area contributed by atoms with Crippen molar-refractivity contribution in [2.45, 2.75) is 0 Å². The molecule has 0 heterocycles. The van der Waals surface area contributed by atoms with Crippen molar-refractivity contribution in [3.8, 4) is 0 Å². The Labute approximate surface area is 143 Å². The Morgan fingerprint density at radius 3 is 2.52 bits per heavy atom. The second-order valence-electron chi connectivity index (χ2n) is 4.37. The van der Waals surface area contributed by atoms with E-state index in [2.05, 4.69) is 5.32 Å².